The quantitative estimate of drug-likeness (QED) is 0.677. The van der Waals surface area contributed by atoms with Gasteiger partial charge >= 0.3 is 0 Å². The van der Waals surface area contributed by atoms with Gasteiger partial charge in [0, 0.05) is 11.6 Å². The van der Waals surface area contributed by atoms with Crippen molar-refractivity contribution in [1.29, 1.82) is 0 Å². The molecule has 3 rings (SSSR count). The molecule has 5 nitrogen and oxygen atoms in total. The third-order valence-corrected chi connectivity index (χ3v) is 4.18. The number of rotatable bonds is 3. The fourth-order valence-corrected chi connectivity index (χ4v) is 3.01. The summed E-state index contributed by atoms with van der Waals surface area (Å²) in [5.41, 5.74) is 0.737. The van der Waals surface area contributed by atoms with Gasteiger partial charge in [-0.25, -0.2) is 4.98 Å². The van der Waals surface area contributed by atoms with Crippen molar-refractivity contribution in [3.63, 3.8) is 0 Å². The number of hydrogen-bond donors (Lipinski definition) is 3. The van der Waals surface area contributed by atoms with E-state index >= 15 is 0 Å². The van der Waals surface area contributed by atoms with E-state index in [4.69, 9.17) is 0 Å². The zero-order valence-corrected chi connectivity index (χ0v) is 11.4. The monoisotopic (exact) mass is 290 g/mol. The fourth-order valence-electron chi connectivity index (χ4n) is 1.57. The summed E-state index contributed by atoms with van der Waals surface area (Å²) in [6.45, 7) is 3.73. The van der Waals surface area contributed by atoms with Gasteiger partial charge in [-0.3, -0.25) is 15.0 Å². The van der Waals surface area contributed by atoms with Gasteiger partial charge in [-0.2, -0.15) is 0 Å². The normalized spacial score (nSPS) is 11.9. The molecule has 0 unspecified atom stereocenters. The van der Waals surface area contributed by atoms with Crippen LogP contribution in [0.15, 0.2) is 27.7 Å². The van der Waals surface area contributed by atoms with Gasteiger partial charge in [0.1, 0.15) is 0 Å². The van der Waals surface area contributed by atoms with Crippen LogP contribution in [0, 0.1) is 0 Å². The average Bonchev–Trinajstić information content (AvgIpc) is 3.10. The third-order valence-electron chi connectivity index (χ3n) is 2.51. The molecule has 0 bridgehead atoms. The zero-order chi connectivity index (χ0) is 13.2. The van der Waals surface area contributed by atoms with E-state index in [2.05, 4.69) is 27.1 Å². The molecule has 19 heavy (non-hydrogen) atoms. The number of H-pyrrole nitrogens is 2. The number of nitrogens with one attached hydrogen (secondary N) is 3. The highest BCUT2D eigenvalue weighted by Gasteiger charge is 2.04. The molecule has 0 fully saturated rings. The summed E-state index contributed by atoms with van der Waals surface area (Å²) >= 11 is 3.14. The Morgan fingerprint density at radius 3 is 2.95 bits per heavy atom. The zero-order valence-electron chi connectivity index (χ0n) is 9.77. The third kappa shape index (κ3) is 2.38. The number of nitrogens with zero attached hydrogens (tertiary/aromatic N) is 1. The number of aromatic amines is 2. The lowest BCUT2D eigenvalue weighted by atomic mass is 10.4. The molecule has 96 valence electrons. The summed E-state index contributed by atoms with van der Waals surface area (Å²) in [5, 5.41) is 13.9. The van der Waals surface area contributed by atoms with Crippen LogP contribution in [0.2, 0.25) is 0 Å². The Bertz CT molecular complexity index is 811. The van der Waals surface area contributed by atoms with Gasteiger partial charge in [0.25, 0.3) is 5.56 Å². The predicted molar refractivity (Wildman–Crippen MR) is 79.7 cm³/mol. The summed E-state index contributed by atoms with van der Waals surface area (Å²) in [5.74, 6) is 0. The van der Waals surface area contributed by atoms with Crippen LogP contribution in [0.5, 0.6) is 0 Å². The fraction of sp³-hybridized carbons (Fsp3) is 0. The van der Waals surface area contributed by atoms with Gasteiger partial charge in [0.15, 0.2) is 5.13 Å². The second-order valence-corrected chi connectivity index (χ2v) is 5.58. The van der Waals surface area contributed by atoms with Crippen LogP contribution in [0.25, 0.3) is 23.3 Å². The molecule has 0 aliphatic carbocycles. The Morgan fingerprint density at radius 2 is 2.26 bits per heavy atom. The molecule has 0 atom stereocenters. The highest BCUT2D eigenvalue weighted by Crippen LogP contribution is 2.28. The van der Waals surface area contributed by atoms with Crippen molar-refractivity contribution in [3.8, 4) is 10.6 Å². The first-order valence-electron chi connectivity index (χ1n) is 5.46. The molecule has 0 spiro atoms. The number of thiazole rings is 1. The van der Waals surface area contributed by atoms with Crippen molar-refractivity contribution in [2.75, 3.05) is 5.32 Å². The topological polar surface area (TPSA) is 73.6 Å². The average molecular weight is 290 g/mol. The lowest BCUT2D eigenvalue weighted by Crippen LogP contribution is -2.33. The van der Waals surface area contributed by atoms with E-state index in [0.717, 1.165) is 15.7 Å². The Balaban J connectivity index is 1.88. The van der Waals surface area contributed by atoms with Gasteiger partial charge in [0.05, 0.1) is 21.1 Å². The largest absolute Gasteiger partial charge is 0.337 e. The lowest BCUT2D eigenvalue weighted by Gasteiger charge is -1.91. The van der Waals surface area contributed by atoms with Crippen molar-refractivity contribution in [2.24, 2.45) is 0 Å². The standard InChI is InChI=1S/C12H10N4OS2/c1-7-8(11(17)16-15-7)5-13-12-14-9(6-19-12)10-3-2-4-18-10/h2-6,15H,1H2,(H,13,14)(H,16,17)/b8-5-. The van der Waals surface area contributed by atoms with Crippen molar-refractivity contribution in [1.82, 2.24) is 15.2 Å². The molecule has 0 aliphatic rings. The Hall–Kier alpha value is -2.12. The second kappa shape index (κ2) is 4.87. The molecule has 0 saturated heterocycles. The number of thiophene rings is 1. The molecule has 0 aliphatic heterocycles. The summed E-state index contributed by atoms with van der Waals surface area (Å²) < 4.78 is 0. The smallest absolute Gasteiger partial charge is 0.273 e. The first-order valence-corrected chi connectivity index (χ1v) is 7.22. The van der Waals surface area contributed by atoms with E-state index in [1.807, 2.05) is 22.9 Å². The minimum atomic E-state index is -0.201. The Morgan fingerprint density at radius 1 is 1.37 bits per heavy atom. The molecule has 0 amide bonds. The highest BCUT2D eigenvalue weighted by atomic mass is 32.1. The first-order chi connectivity index (χ1) is 9.24. The van der Waals surface area contributed by atoms with Gasteiger partial charge < -0.3 is 5.32 Å². The van der Waals surface area contributed by atoms with Crippen LogP contribution in [0.3, 0.4) is 0 Å². The van der Waals surface area contributed by atoms with E-state index in [1.165, 1.54) is 11.3 Å². The lowest BCUT2D eigenvalue weighted by molar-refractivity contribution is 1.04. The molecule has 3 aromatic rings. The van der Waals surface area contributed by atoms with E-state index in [9.17, 15) is 4.79 Å². The van der Waals surface area contributed by atoms with E-state index in [0.29, 0.717) is 10.6 Å². The highest BCUT2D eigenvalue weighted by molar-refractivity contribution is 7.16. The Labute approximate surface area is 116 Å². The van der Waals surface area contributed by atoms with Crippen LogP contribution in [-0.2, 0) is 0 Å². The van der Waals surface area contributed by atoms with Crippen molar-refractivity contribution < 1.29 is 0 Å². The van der Waals surface area contributed by atoms with Crippen molar-refractivity contribution in [3.05, 3.63) is 43.8 Å². The number of hydrogen-bond acceptors (Lipinski definition) is 5. The summed E-state index contributed by atoms with van der Waals surface area (Å²) in [7, 11) is 0. The van der Waals surface area contributed by atoms with E-state index < -0.39 is 0 Å². The summed E-state index contributed by atoms with van der Waals surface area (Å²) in [6, 6.07) is 4.02. The van der Waals surface area contributed by atoms with Crippen LogP contribution in [0.1, 0.15) is 0 Å². The molecule has 3 heterocycles. The van der Waals surface area contributed by atoms with E-state index in [1.54, 1.807) is 17.5 Å². The summed E-state index contributed by atoms with van der Waals surface area (Å²) in [4.78, 5) is 17.0. The molecule has 3 aromatic heterocycles. The molecular formula is C12H10N4OS2. The van der Waals surface area contributed by atoms with Gasteiger partial charge in [-0.05, 0) is 11.4 Å². The summed E-state index contributed by atoms with van der Waals surface area (Å²) in [6.07, 6.45) is 1.61. The predicted octanol–water partition coefficient (Wildman–Crippen LogP) is 1.15. The van der Waals surface area contributed by atoms with Crippen LogP contribution >= 0.6 is 22.7 Å². The molecular weight excluding hydrogens is 280 g/mol. The van der Waals surface area contributed by atoms with Gasteiger partial charge in [-0.15, -0.1) is 22.7 Å². The van der Waals surface area contributed by atoms with Crippen molar-refractivity contribution >= 4 is 40.6 Å². The van der Waals surface area contributed by atoms with Crippen LogP contribution < -0.4 is 21.4 Å². The molecule has 3 N–H and O–H groups in total. The Kier molecular flexibility index (Phi) is 3.06. The van der Waals surface area contributed by atoms with E-state index in [-0.39, 0.29) is 5.56 Å². The molecule has 7 heteroatoms. The van der Waals surface area contributed by atoms with Crippen LogP contribution in [0.4, 0.5) is 5.13 Å². The number of aromatic nitrogens is 3. The molecule has 0 aromatic carbocycles. The maximum atomic E-state index is 11.4. The van der Waals surface area contributed by atoms with Gasteiger partial charge in [0.2, 0.25) is 0 Å². The van der Waals surface area contributed by atoms with Gasteiger partial charge in [-0.1, -0.05) is 12.6 Å². The maximum Gasteiger partial charge on any atom is 0.273 e. The van der Waals surface area contributed by atoms with Crippen molar-refractivity contribution in [2.45, 2.75) is 0 Å². The first kappa shape index (κ1) is 11.9. The molecule has 0 saturated carbocycles. The molecule has 0 radical (unpaired) electrons. The maximum absolute atomic E-state index is 11.4. The van der Waals surface area contributed by atoms with Crippen LogP contribution in [-0.4, -0.2) is 15.2 Å². The minimum absolute atomic E-state index is 0.201. The second-order valence-electron chi connectivity index (χ2n) is 3.78. The number of anilines is 1. The SMILES string of the molecule is C=c1[nH][nH]c(=O)/c1=C\Nc1nc(-c2cccs2)cs1. The minimum Gasteiger partial charge on any atom is -0.337 e.